The Balaban J connectivity index is 4.51. The number of aliphatic carboxylic acids is 1. The fourth-order valence-corrected chi connectivity index (χ4v) is 6.05. The number of carboxylic acid groups (broad SMARTS) is 1. The molecule has 5 N–H and O–H groups in total. The molecule has 0 aliphatic heterocycles. The van der Waals surface area contributed by atoms with Gasteiger partial charge in [0.15, 0.2) is 6.10 Å². The minimum absolute atomic E-state index is 0.0722. The summed E-state index contributed by atoms with van der Waals surface area (Å²) >= 11 is 0. The molecular formula is C42H74NO11P. The van der Waals surface area contributed by atoms with E-state index in [1.54, 1.807) is 0 Å². The number of phosphoric ester groups is 1. The van der Waals surface area contributed by atoms with Crippen molar-refractivity contribution in [1.29, 1.82) is 0 Å². The summed E-state index contributed by atoms with van der Waals surface area (Å²) < 4.78 is 32.5. The Morgan fingerprint density at radius 1 is 0.636 bits per heavy atom. The number of aliphatic hydroxyl groups excluding tert-OH is 1. The summed E-state index contributed by atoms with van der Waals surface area (Å²) in [5.41, 5.74) is 5.32. The van der Waals surface area contributed by atoms with Crippen molar-refractivity contribution < 1.29 is 52.6 Å². The number of allylic oxidation sites excluding steroid dienone is 8. The molecule has 0 saturated heterocycles. The van der Waals surface area contributed by atoms with Gasteiger partial charge in [-0.05, 0) is 57.8 Å². The normalized spacial score (nSPS) is 14.9. The highest BCUT2D eigenvalue weighted by Crippen LogP contribution is 2.43. The summed E-state index contributed by atoms with van der Waals surface area (Å²) in [5, 5.41) is 18.4. The molecule has 4 atom stereocenters. The van der Waals surface area contributed by atoms with E-state index in [9.17, 15) is 28.9 Å². The predicted octanol–water partition coefficient (Wildman–Crippen LogP) is 9.58. The molecule has 0 heterocycles. The molecule has 0 aromatic carbocycles. The summed E-state index contributed by atoms with van der Waals surface area (Å²) in [4.78, 5) is 45.8. The smallest absolute Gasteiger partial charge is 0.472 e. The van der Waals surface area contributed by atoms with Gasteiger partial charge in [-0.1, -0.05) is 140 Å². The maximum Gasteiger partial charge on any atom is 0.472 e. The third kappa shape index (κ3) is 36.8. The van der Waals surface area contributed by atoms with E-state index < -0.39 is 51.1 Å². The van der Waals surface area contributed by atoms with Crippen molar-refractivity contribution in [2.24, 2.45) is 5.73 Å². The van der Waals surface area contributed by atoms with Crippen molar-refractivity contribution in [2.45, 2.75) is 180 Å². The van der Waals surface area contributed by atoms with E-state index in [-0.39, 0.29) is 25.6 Å². The minimum Gasteiger partial charge on any atom is -0.480 e. The number of hydrogen-bond acceptors (Lipinski definition) is 10. The Hall–Kier alpha value is -2.60. The van der Waals surface area contributed by atoms with Crippen LogP contribution in [-0.4, -0.2) is 71.1 Å². The van der Waals surface area contributed by atoms with E-state index in [2.05, 4.69) is 47.9 Å². The van der Waals surface area contributed by atoms with Crippen LogP contribution in [0.2, 0.25) is 0 Å². The maximum absolute atomic E-state index is 12.6. The van der Waals surface area contributed by atoms with Crippen LogP contribution in [0.5, 0.6) is 0 Å². The zero-order valence-electron chi connectivity index (χ0n) is 33.9. The van der Waals surface area contributed by atoms with Crippen molar-refractivity contribution in [3.63, 3.8) is 0 Å². The second-order valence-electron chi connectivity index (χ2n) is 13.9. The predicted molar refractivity (Wildman–Crippen MR) is 218 cm³/mol. The lowest BCUT2D eigenvalue weighted by atomic mass is 10.0. The Kier molecular flexibility index (Phi) is 35.3. The van der Waals surface area contributed by atoms with Gasteiger partial charge < -0.3 is 30.3 Å². The largest absolute Gasteiger partial charge is 0.480 e. The number of esters is 2. The van der Waals surface area contributed by atoms with Gasteiger partial charge in [-0.15, -0.1) is 0 Å². The number of ether oxygens (including phenoxy) is 2. The number of aliphatic hydroxyl groups is 1. The molecule has 0 rings (SSSR count). The van der Waals surface area contributed by atoms with Crippen LogP contribution >= 0.6 is 7.82 Å². The molecule has 0 amide bonds. The van der Waals surface area contributed by atoms with E-state index in [1.807, 2.05) is 19.1 Å². The molecule has 1 unspecified atom stereocenters. The number of carboxylic acids is 1. The maximum atomic E-state index is 12.6. The summed E-state index contributed by atoms with van der Waals surface area (Å²) in [5.74, 6) is -2.48. The van der Waals surface area contributed by atoms with E-state index >= 15 is 0 Å². The Morgan fingerprint density at radius 2 is 1.11 bits per heavy atom. The monoisotopic (exact) mass is 799 g/mol. The van der Waals surface area contributed by atoms with Gasteiger partial charge in [0.1, 0.15) is 12.6 Å². The van der Waals surface area contributed by atoms with Crippen LogP contribution in [0.4, 0.5) is 0 Å². The molecule has 0 radical (unpaired) electrons. The molecule has 0 spiro atoms. The Labute approximate surface area is 331 Å². The van der Waals surface area contributed by atoms with Crippen molar-refractivity contribution in [3.8, 4) is 0 Å². The van der Waals surface area contributed by atoms with Gasteiger partial charge in [0, 0.05) is 12.8 Å². The van der Waals surface area contributed by atoms with Gasteiger partial charge in [-0.2, -0.15) is 0 Å². The molecule has 318 valence electrons. The summed E-state index contributed by atoms with van der Waals surface area (Å²) in [6.45, 7) is 2.45. The lowest BCUT2D eigenvalue weighted by molar-refractivity contribution is -0.161. The second kappa shape index (κ2) is 37.0. The molecule has 55 heavy (non-hydrogen) atoms. The van der Waals surface area contributed by atoms with Crippen molar-refractivity contribution in [1.82, 2.24) is 0 Å². The third-order valence-electron chi connectivity index (χ3n) is 8.74. The third-order valence-corrected chi connectivity index (χ3v) is 9.69. The average molecular weight is 800 g/mol. The fourth-order valence-electron chi connectivity index (χ4n) is 5.27. The highest BCUT2D eigenvalue weighted by atomic mass is 31.2. The first-order valence-electron chi connectivity index (χ1n) is 20.7. The molecule has 0 aromatic heterocycles. The molecule has 12 nitrogen and oxygen atoms in total. The lowest BCUT2D eigenvalue weighted by Crippen LogP contribution is -2.34. The zero-order valence-corrected chi connectivity index (χ0v) is 34.8. The van der Waals surface area contributed by atoms with Crippen LogP contribution in [0, 0.1) is 0 Å². The zero-order chi connectivity index (χ0) is 40.8. The Morgan fingerprint density at radius 3 is 1.64 bits per heavy atom. The molecule has 0 aliphatic carbocycles. The number of nitrogens with two attached hydrogens (primary N) is 1. The fraction of sp³-hybridized carbons (Fsp3) is 0.738. The number of carbonyl (C=O) groups is 3. The summed E-state index contributed by atoms with van der Waals surface area (Å²) in [6.07, 6.45) is 37.0. The molecule has 0 fully saturated rings. The van der Waals surface area contributed by atoms with Crippen LogP contribution in [0.3, 0.4) is 0 Å². The van der Waals surface area contributed by atoms with Crippen LogP contribution in [0.25, 0.3) is 0 Å². The van der Waals surface area contributed by atoms with Crippen molar-refractivity contribution in [3.05, 3.63) is 48.6 Å². The highest BCUT2D eigenvalue weighted by molar-refractivity contribution is 7.47. The topological polar surface area (TPSA) is 192 Å². The van der Waals surface area contributed by atoms with E-state index in [4.69, 9.17) is 24.8 Å². The van der Waals surface area contributed by atoms with E-state index in [1.165, 1.54) is 57.8 Å². The highest BCUT2D eigenvalue weighted by Gasteiger charge is 2.28. The first-order valence-corrected chi connectivity index (χ1v) is 22.2. The van der Waals surface area contributed by atoms with Crippen molar-refractivity contribution >= 4 is 25.7 Å². The molecule has 0 aliphatic rings. The average Bonchev–Trinajstić information content (AvgIpc) is 3.16. The first kappa shape index (κ1) is 52.4. The van der Waals surface area contributed by atoms with Gasteiger partial charge in [0.25, 0.3) is 0 Å². The van der Waals surface area contributed by atoms with E-state index in [0.717, 1.165) is 57.8 Å². The molecule has 0 bridgehead atoms. The van der Waals surface area contributed by atoms with Gasteiger partial charge in [0.2, 0.25) is 0 Å². The van der Waals surface area contributed by atoms with Crippen LogP contribution in [-0.2, 0) is 37.5 Å². The minimum atomic E-state index is -4.74. The quantitative estimate of drug-likeness (QED) is 0.0200. The second-order valence-corrected chi connectivity index (χ2v) is 15.4. The van der Waals surface area contributed by atoms with Gasteiger partial charge >= 0.3 is 25.7 Å². The van der Waals surface area contributed by atoms with Crippen molar-refractivity contribution in [2.75, 3.05) is 19.8 Å². The van der Waals surface area contributed by atoms with Crippen LogP contribution < -0.4 is 5.73 Å². The molecule has 0 aromatic rings. The van der Waals surface area contributed by atoms with Crippen LogP contribution in [0.1, 0.15) is 162 Å². The number of phosphoric acid groups is 1. The number of rotatable bonds is 38. The lowest BCUT2D eigenvalue weighted by Gasteiger charge is -2.20. The van der Waals surface area contributed by atoms with Gasteiger partial charge in [-0.25, -0.2) is 4.57 Å². The molecular weight excluding hydrogens is 725 g/mol. The van der Waals surface area contributed by atoms with Gasteiger partial charge in [-0.3, -0.25) is 23.4 Å². The first-order chi connectivity index (χ1) is 26.5. The summed E-state index contributed by atoms with van der Waals surface area (Å²) in [6, 6.07) is -1.54. The number of carbonyl (C=O) groups excluding carboxylic acids is 2. The summed E-state index contributed by atoms with van der Waals surface area (Å²) in [7, 11) is -4.74. The molecule has 0 saturated carbocycles. The number of unbranched alkanes of at least 4 members (excludes halogenated alkanes) is 13. The SMILES string of the molecule is CCCCCCCCCCCCCCCC(=O)OC[C@H](COP(=O)(O)OC[C@H](N)C(=O)O)OC(=O)CCC/C=C\C/C=C\C/C=C\C/C=C\CC[C@H](O)CC. The molecule has 13 heteroatoms. The van der Waals surface area contributed by atoms with E-state index in [0.29, 0.717) is 19.3 Å². The number of hydrogen-bond donors (Lipinski definition) is 4. The van der Waals surface area contributed by atoms with Gasteiger partial charge in [0.05, 0.1) is 19.3 Å². The standard InChI is InChI=1S/C42H74NO11P/c1-3-5-6-7-8-9-10-13-17-20-23-26-29-32-40(45)51-34-38(35-52-55(49,50)53-36-39(43)42(47)48)54-41(46)33-30-27-24-21-18-15-12-11-14-16-19-22-25-28-31-37(44)4-2/h12,14-16,21-22,24-25,37-39,44H,3-11,13,17-20,23,26-36,43H2,1-2H3,(H,47,48)(H,49,50)/b15-12-,16-14-,24-21-,25-22-/t37-,38-,39+/m1/s1. The Bertz CT molecular complexity index is 1140. The van der Waals surface area contributed by atoms with Crippen LogP contribution in [0.15, 0.2) is 48.6 Å².